The van der Waals surface area contributed by atoms with Crippen LogP contribution in [0.1, 0.15) is 31.2 Å². The van der Waals surface area contributed by atoms with Crippen LogP contribution in [0.25, 0.3) is 10.8 Å². The lowest BCUT2D eigenvalue weighted by molar-refractivity contribution is -0.123. The maximum absolute atomic E-state index is 12.5. The number of hydrogen-bond donors (Lipinski definition) is 2. The van der Waals surface area contributed by atoms with Crippen LogP contribution >= 0.6 is 0 Å². The largest absolute Gasteiger partial charge is 0.352 e. The maximum Gasteiger partial charge on any atom is 0.224 e. The summed E-state index contributed by atoms with van der Waals surface area (Å²) in [4.78, 5) is 12.5. The molecule has 2 fully saturated rings. The molecule has 4 unspecified atom stereocenters. The SMILES string of the molecule is CC1CCNCC1NC(=O)C1CC1c1ccc2ccccc2c1. The van der Waals surface area contributed by atoms with E-state index in [4.69, 9.17) is 0 Å². The normalized spacial score (nSPS) is 30.1. The second-order valence-electron chi connectivity index (χ2n) is 7.14. The molecule has 0 spiro atoms. The topological polar surface area (TPSA) is 41.1 Å². The Kier molecular flexibility index (Phi) is 3.82. The molecule has 23 heavy (non-hydrogen) atoms. The number of amides is 1. The van der Waals surface area contributed by atoms with Crippen LogP contribution in [0.4, 0.5) is 0 Å². The molecule has 2 aromatic rings. The van der Waals surface area contributed by atoms with Gasteiger partial charge in [-0.2, -0.15) is 0 Å². The van der Waals surface area contributed by atoms with Crippen molar-refractivity contribution in [2.45, 2.75) is 31.7 Å². The van der Waals surface area contributed by atoms with E-state index in [0.717, 1.165) is 25.9 Å². The number of piperidine rings is 1. The highest BCUT2D eigenvalue weighted by Gasteiger charge is 2.44. The standard InChI is InChI=1S/C20H24N2O/c1-13-8-9-21-12-19(13)22-20(23)18-11-17(18)16-7-6-14-4-2-3-5-15(14)10-16/h2-7,10,13,17-19,21H,8-9,11-12H2,1H3,(H,22,23). The van der Waals surface area contributed by atoms with Gasteiger partial charge in [0.05, 0.1) is 0 Å². The Balaban J connectivity index is 1.43. The fraction of sp³-hybridized carbons (Fsp3) is 0.450. The Morgan fingerprint density at radius 1 is 1.17 bits per heavy atom. The highest BCUT2D eigenvalue weighted by molar-refractivity contribution is 5.86. The molecule has 1 saturated carbocycles. The Morgan fingerprint density at radius 3 is 2.83 bits per heavy atom. The predicted molar refractivity (Wildman–Crippen MR) is 93.4 cm³/mol. The van der Waals surface area contributed by atoms with E-state index in [9.17, 15) is 4.79 Å². The maximum atomic E-state index is 12.5. The molecule has 2 N–H and O–H groups in total. The molecule has 0 bridgehead atoms. The van der Waals surface area contributed by atoms with Crippen LogP contribution in [-0.4, -0.2) is 25.0 Å². The minimum Gasteiger partial charge on any atom is -0.352 e. The summed E-state index contributed by atoms with van der Waals surface area (Å²) in [6.07, 6.45) is 2.13. The fourth-order valence-electron chi connectivity index (χ4n) is 3.76. The van der Waals surface area contributed by atoms with Crippen molar-refractivity contribution in [3.05, 3.63) is 48.0 Å². The second-order valence-corrected chi connectivity index (χ2v) is 7.14. The summed E-state index contributed by atoms with van der Waals surface area (Å²) < 4.78 is 0. The van der Waals surface area contributed by atoms with Crippen molar-refractivity contribution in [2.75, 3.05) is 13.1 Å². The van der Waals surface area contributed by atoms with Crippen molar-refractivity contribution in [3.63, 3.8) is 0 Å². The van der Waals surface area contributed by atoms with Crippen LogP contribution in [0.15, 0.2) is 42.5 Å². The smallest absolute Gasteiger partial charge is 0.224 e. The molecule has 4 atom stereocenters. The van der Waals surface area contributed by atoms with Gasteiger partial charge in [0, 0.05) is 18.5 Å². The predicted octanol–water partition coefficient (Wildman–Crippen LogP) is 3.06. The lowest BCUT2D eigenvalue weighted by Crippen LogP contribution is -2.50. The van der Waals surface area contributed by atoms with E-state index in [0.29, 0.717) is 11.8 Å². The first kappa shape index (κ1) is 14.7. The average Bonchev–Trinajstić information content (AvgIpc) is 3.37. The summed E-state index contributed by atoms with van der Waals surface area (Å²) in [6, 6.07) is 15.3. The molecule has 0 aromatic heterocycles. The zero-order valence-electron chi connectivity index (χ0n) is 13.6. The zero-order chi connectivity index (χ0) is 15.8. The number of carbonyl (C=O) groups excluding carboxylic acids is 1. The van der Waals surface area contributed by atoms with Crippen LogP contribution in [0.2, 0.25) is 0 Å². The number of rotatable bonds is 3. The van der Waals surface area contributed by atoms with Crippen LogP contribution in [-0.2, 0) is 4.79 Å². The van der Waals surface area contributed by atoms with Crippen LogP contribution in [0.5, 0.6) is 0 Å². The van der Waals surface area contributed by atoms with Gasteiger partial charge in [-0.1, -0.05) is 49.4 Å². The Labute approximate surface area is 137 Å². The third-order valence-corrected chi connectivity index (χ3v) is 5.48. The summed E-state index contributed by atoms with van der Waals surface area (Å²) in [7, 11) is 0. The van der Waals surface area contributed by atoms with Gasteiger partial charge in [-0.05, 0) is 47.6 Å². The summed E-state index contributed by atoms with van der Waals surface area (Å²) in [5.41, 5.74) is 1.30. The molecule has 4 rings (SSSR count). The van der Waals surface area contributed by atoms with Gasteiger partial charge in [0.25, 0.3) is 0 Å². The minimum absolute atomic E-state index is 0.158. The first-order valence-electron chi connectivity index (χ1n) is 8.72. The van der Waals surface area contributed by atoms with Gasteiger partial charge in [0.15, 0.2) is 0 Å². The Morgan fingerprint density at radius 2 is 2.00 bits per heavy atom. The van der Waals surface area contributed by atoms with Crippen molar-refractivity contribution in [2.24, 2.45) is 11.8 Å². The zero-order valence-corrected chi connectivity index (χ0v) is 13.6. The van der Waals surface area contributed by atoms with Gasteiger partial charge in [-0.3, -0.25) is 4.79 Å². The Hall–Kier alpha value is -1.87. The third-order valence-electron chi connectivity index (χ3n) is 5.48. The summed E-state index contributed by atoms with van der Waals surface area (Å²) in [6.45, 7) is 4.20. The summed E-state index contributed by atoms with van der Waals surface area (Å²) in [5.74, 6) is 1.36. The second kappa shape index (κ2) is 5.97. The molecular formula is C20H24N2O. The van der Waals surface area contributed by atoms with Crippen LogP contribution in [0, 0.1) is 11.8 Å². The highest BCUT2D eigenvalue weighted by Crippen LogP contribution is 2.48. The van der Waals surface area contributed by atoms with E-state index in [1.165, 1.54) is 16.3 Å². The average molecular weight is 308 g/mol. The van der Waals surface area contributed by atoms with E-state index >= 15 is 0 Å². The monoisotopic (exact) mass is 308 g/mol. The molecule has 1 aliphatic carbocycles. The quantitative estimate of drug-likeness (QED) is 0.915. The molecule has 1 aliphatic heterocycles. The van der Waals surface area contributed by atoms with Gasteiger partial charge in [0.2, 0.25) is 5.91 Å². The molecule has 1 saturated heterocycles. The summed E-state index contributed by atoms with van der Waals surface area (Å²) >= 11 is 0. The molecule has 1 heterocycles. The minimum atomic E-state index is 0.158. The molecule has 120 valence electrons. The number of fused-ring (bicyclic) bond motifs is 1. The number of carbonyl (C=O) groups is 1. The van der Waals surface area contributed by atoms with Crippen molar-refractivity contribution in [1.29, 1.82) is 0 Å². The van der Waals surface area contributed by atoms with Gasteiger partial charge in [-0.25, -0.2) is 0 Å². The van der Waals surface area contributed by atoms with E-state index in [1.54, 1.807) is 0 Å². The summed E-state index contributed by atoms with van der Waals surface area (Å²) in [5, 5.41) is 9.17. The number of benzene rings is 2. The molecule has 2 aromatic carbocycles. The fourth-order valence-corrected chi connectivity index (χ4v) is 3.76. The Bertz CT molecular complexity index is 726. The lowest BCUT2D eigenvalue weighted by Gasteiger charge is -2.30. The van der Waals surface area contributed by atoms with Crippen LogP contribution in [0.3, 0.4) is 0 Å². The molecular weight excluding hydrogens is 284 g/mol. The van der Waals surface area contributed by atoms with Gasteiger partial charge >= 0.3 is 0 Å². The van der Waals surface area contributed by atoms with Gasteiger partial charge in [-0.15, -0.1) is 0 Å². The van der Waals surface area contributed by atoms with E-state index in [2.05, 4.69) is 60.0 Å². The van der Waals surface area contributed by atoms with Gasteiger partial charge < -0.3 is 10.6 Å². The first-order chi connectivity index (χ1) is 11.2. The lowest BCUT2D eigenvalue weighted by atomic mass is 9.94. The van der Waals surface area contributed by atoms with Crippen molar-refractivity contribution in [1.82, 2.24) is 10.6 Å². The molecule has 2 aliphatic rings. The molecule has 3 nitrogen and oxygen atoms in total. The van der Waals surface area contributed by atoms with E-state index < -0.39 is 0 Å². The first-order valence-corrected chi connectivity index (χ1v) is 8.72. The van der Waals surface area contributed by atoms with Crippen molar-refractivity contribution >= 4 is 16.7 Å². The number of hydrogen-bond acceptors (Lipinski definition) is 2. The van der Waals surface area contributed by atoms with E-state index in [1.807, 2.05) is 0 Å². The molecule has 0 radical (unpaired) electrons. The van der Waals surface area contributed by atoms with Crippen molar-refractivity contribution in [3.8, 4) is 0 Å². The highest BCUT2D eigenvalue weighted by atomic mass is 16.2. The van der Waals surface area contributed by atoms with Gasteiger partial charge in [0.1, 0.15) is 0 Å². The van der Waals surface area contributed by atoms with Crippen molar-refractivity contribution < 1.29 is 4.79 Å². The van der Waals surface area contributed by atoms with Crippen LogP contribution < -0.4 is 10.6 Å². The number of nitrogens with one attached hydrogen (secondary N) is 2. The third kappa shape index (κ3) is 2.98. The van der Waals surface area contributed by atoms with E-state index in [-0.39, 0.29) is 17.9 Å². The molecule has 3 heteroatoms. The molecule has 1 amide bonds.